The molecule has 2 aromatic rings. The lowest BCUT2D eigenvalue weighted by Crippen LogP contribution is -2.24. The van der Waals surface area contributed by atoms with Crippen molar-refractivity contribution in [3.8, 4) is 0 Å². The van der Waals surface area contributed by atoms with Gasteiger partial charge in [0.05, 0.1) is 22.9 Å². The zero-order chi connectivity index (χ0) is 12.6. The van der Waals surface area contributed by atoms with Gasteiger partial charge in [-0.1, -0.05) is 6.92 Å². The summed E-state index contributed by atoms with van der Waals surface area (Å²) < 4.78 is 2.09. The molecule has 0 spiro atoms. The minimum absolute atomic E-state index is 0.0144. The SMILES string of the molecule is CCC(C)(C)n1cnc2cc(C(=O)O)ccc21. The first-order chi connectivity index (χ1) is 7.95. The van der Waals surface area contributed by atoms with E-state index in [0.717, 1.165) is 17.5 Å². The third kappa shape index (κ3) is 1.90. The van der Waals surface area contributed by atoms with Gasteiger partial charge in [-0.3, -0.25) is 0 Å². The van der Waals surface area contributed by atoms with Gasteiger partial charge < -0.3 is 9.67 Å². The molecule has 0 fully saturated rings. The van der Waals surface area contributed by atoms with Crippen molar-refractivity contribution in [3.63, 3.8) is 0 Å². The molecule has 1 heterocycles. The molecule has 0 aliphatic heterocycles. The van der Waals surface area contributed by atoms with Crippen LogP contribution in [0.25, 0.3) is 11.0 Å². The number of aromatic nitrogens is 2. The van der Waals surface area contributed by atoms with Crippen LogP contribution in [0, 0.1) is 0 Å². The molecule has 0 saturated carbocycles. The van der Waals surface area contributed by atoms with Crippen LogP contribution >= 0.6 is 0 Å². The van der Waals surface area contributed by atoms with Crippen LogP contribution in [0.15, 0.2) is 24.5 Å². The summed E-state index contributed by atoms with van der Waals surface area (Å²) in [4.78, 5) is 15.1. The van der Waals surface area contributed by atoms with E-state index in [0.29, 0.717) is 0 Å². The summed E-state index contributed by atoms with van der Waals surface area (Å²) in [7, 11) is 0. The van der Waals surface area contributed by atoms with Crippen LogP contribution in [0.3, 0.4) is 0 Å². The monoisotopic (exact) mass is 232 g/mol. The minimum atomic E-state index is -0.920. The van der Waals surface area contributed by atoms with Crippen LogP contribution in [0.4, 0.5) is 0 Å². The lowest BCUT2D eigenvalue weighted by atomic mass is 10.0. The maximum atomic E-state index is 10.9. The Morgan fingerprint density at radius 2 is 2.18 bits per heavy atom. The maximum Gasteiger partial charge on any atom is 0.335 e. The topological polar surface area (TPSA) is 55.1 Å². The van der Waals surface area contributed by atoms with Crippen LogP contribution in [-0.2, 0) is 5.54 Å². The first-order valence-electron chi connectivity index (χ1n) is 5.66. The highest BCUT2D eigenvalue weighted by molar-refractivity contribution is 5.92. The third-order valence-electron chi connectivity index (χ3n) is 3.31. The second kappa shape index (κ2) is 3.87. The van der Waals surface area contributed by atoms with Gasteiger partial charge in [0.25, 0.3) is 0 Å². The van der Waals surface area contributed by atoms with Gasteiger partial charge in [-0.05, 0) is 38.5 Å². The van der Waals surface area contributed by atoms with Crippen molar-refractivity contribution < 1.29 is 9.90 Å². The minimum Gasteiger partial charge on any atom is -0.478 e. The number of carbonyl (C=O) groups is 1. The largest absolute Gasteiger partial charge is 0.478 e. The molecule has 0 amide bonds. The van der Waals surface area contributed by atoms with Crippen molar-refractivity contribution in [2.45, 2.75) is 32.7 Å². The number of imidazole rings is 1. The predicted octanol–water partition coefficient (Wildman–Crippen LogP) is 2.88. The van der Waals surface area contributed by atoms with E-state index >= 15 is 0 Å². The van der Waals surface area contributed by atoms with E-state index in [-0.39, 0.29) is 11.1 Å². The average molecular weight is 232 g/mol. The van der Waals surface area contributed by atoms with Crippen molar-refractivity contribution in [1.29, 1.82) is 0 Å². The lowest BCUT2D eigenvalue weighted by molar-refractivity contribution is 0.0697. The van der Waals surface area contributed by atoms with Crippen LogP contribution < -0.4 is 0 Å². The van der Waals surface area contributed by atoms with Gasteiger partial charge in [0.2, 0.25) is 0 Å². The third-order valence-corrected chi connectivity index (χ3v) is 3.31. The summed E-state index contributed by atoms with van der Waals surface area (Å²) in [5.74, 6) is -0.920. The summed E-state index contributed by atoms with van der Waals surface area (Å²) >= 11 is 0. The summed E-state index contributed by atoms with van der Waals surface area (Å²) in [6.45, 7) is 6.40. The van der Waals surface area contributed by atoms with Crippen molar-refractivity contribution in [1.82, 2.24) is 9.55 Å². The highest BCUT2D eigenvalue weighted by Crippen LogP contribution is 2.25. The van der Waals surface area contributed by atoms with Gasteiger partial charge in [0, 0.05) is 5.54 Å². The van der Waals surface area contributed by atoms with E-state index < -0.39 is 5.97 Å². The van der Waals surface area contributed by atoms with Gasteiger partial charge >= 0.3 is 5.97 Å². The number of rotatable bonds is 3. The molecule has 1 aromatic carbocycles. The number of aromatic carboxylic acids is 1. The molecule has 0 bridgehead atoms. The van der Waals surface area contributed by atoms with Crippen LogP contribution in [-0.4, -0.2) is 20.6 Å². The van der Waals surface area contributed by atoms with Gasteiger partial charge in [0.1, 0.15) is 0 Å². The standard InChI is InChI=1S/C13H16N2O2/c1-4-13(2,3)15-8-14-10-7-9(12(16)17)5-6-11(10)15/h5-8H,4H2,1-3H3,(H,16,17). The zero-order valence-electron chi connectivity index (χ0n) is 10.3. The van der Waals surface area contributed by atoms with E-state index in [2.05, 4.69) is 30.3 Å². The first-order valence-corrected chi connectivity index (χ1v) is 5.66. The molecule has 4 heteroatoms. The Morgan fingerprint density at radius 1 is 1.47 bits per heavy atom. The van der Waals surface area contributed by atoms with Crippen LogP contribution in [0.1, 0.15) is 37.6 Å². The summed E-state index contributed by atoms with van der Waals surface area (Å²) in [5, 5.41) is 8.92. The summed E-state index contributed by atoms with van der Waals surface area (Å²) in [6, 6.07) is 5.05. The zero-order valence-corrected chi connectivity index (χ0v) is 10.3. The number of carboxylic acid groups (broad SMARTS) is 1. The number of hydrogen-bond acceptors (Lipinski definition) is 2. The first kappa shape index (κ1) is 11.6. The molecule has 1 N–H and O–H groups in total. The lowest BCUT2D eigenvalue weighted by Gasteiger charge is -2.25. The quantitative estimate of drug-likeness (QED) is 0.885. The Morgan fingerprint density at radius 3 is 2.76 bits per heavy atom. The van der Waals surface area contributed by atoms with Crippen molar-refractivity contribution in [2.75, 3.05) is 0 Å². The van der Waals surface area contributed by atoms with E-state index in [1.54, 1.807) is 18.5 Å². The molecule has 0 aliphatic rings. The van der Waals surface area contributed by atoms with E-state index in [4.69, 9.17) is 5.11 Å². The van der Waals surface area contributed by atoms with E-state index in [1.807, 2.05) is 6.07 Å². The average Bonchev–Trinajstić information content (AvgIpc) is 2.72. The van der Waals surface area contributed by atoms with Gasteiger partial charge in [-0.15, -0.1) is 0 Å². The van der Waals surface area contributed by atoms with Crippen molar-refractivity contribution >= 4 is 17.0 Å². The number of nitrogens with zero attached hydrogens (tertiary/aromatic N) is 2. The van der Waals surface area contributed by atoms with E-state index in [1.165, 1.54) is 0 Å². The fourth-order valence-electron chi connectivity index (χ4n) is 1.80. The Balaban J connectivity index is 2.60. The molecule has 0 atom stereocenters. The summed E-state index contributed by atoms with van der Waals surface area (Å²) in [6.07, 6.45) is 2.76. The molecule has 90 valence electrons. The molecule has 1 aromatic heterocycles. The highest BCUT2D eigenvalue weighted by atomic mass is 16.4. The van der Waals surface area contributed by atoms with Gasteiger partial charge in [-0.25, -0.2) is 9.78 Å². The number of benzene rings is 1. The smallest absolute Gasteiger partial charge is 0.335 e. The number of fused-ring (bicyclic) bond motifs is 1. The molecular formula is C13H16N2O2. The van der Waals surface area contributed by atoms with Crippen molar-refractivity contribution in [2.24, 2.45) is 0 Å². The fourth-order valence-corrected chi connectivity index (χ4v) is 1.80. The molecule has 0 unspecified atom stereocenters. The maximum absolute atomic E-state index is 10.9. The normalized spacial score (nSPS) is 11.9. The van der Waals surface area contributed by atoms with E-state index in [9.17, 15) is 4.79 Å². The van der Waals surface area contributed by atoms with Gasteiger partial charge in [-0.2, -0.15) is 0 Å². The molecule has 17 heavy (non-hydrogen) atoms. The molecule has 0 saturated heterocycles. The Hall–Kier alpha value is -1.84. The second-order valence-corrected chi connectivity index (χ2v) is 4.79. The summed E-state index contributed by atoms with van der Waals surface area (Å²) in [5.41, 5.74) is 1.96. The number of carboxylic acids is 1. The Bertz CT molecular complexity index is 570. The molecule has 2 rings (SSSR count). The van der Waals surface area contributed by atoms with Crippen molar-refractivity contribution in [3.05, 3.63) is 30.1 Å². The Labute approximate surface area is 99.9 Å². The molecule has 0 aliphatic carbocycles. The second-order valence-electron chi connectivity index (χ2n) is 4.79. The molecular weight excluding hydrogens is 216 g/mol. The van der Waals surface area contributed by atoms with Crippen LogP contribution in [0.5, 0.6) is 0 Å². The molecule has 0 radical (unpaired) electrons. The van der Waals surface area contributed by atoms with Crippen LogP contribution in [0.2, 0.25) is 0 Å². The van der Waals surface area contributed by atoms with Gasteiger partial charge in [0.15, 0.2) is 0 Å². The molecule has 4 nitrogen and oxygen atoms in total. The Kier molecular flexibility index (Phi) is 2.65. The number of hydrogen-bond donors (Lipinski definition) is 1. The fraction of sp³-hybridized carbons (Fsp3) is 0.385. The highest BCUT2D eigenvalue weighted by Gasteiger charge is 2.20. The predicted molar refractivity (Wildman–Crippen MR) is 66.3 cm³/mol.